The summed E-state index contributed by atoms with van der Waals surface area (Å²) in [4.78, 5) is 0.404. The summed E-state index contributed by atoms with van der Waals surface area (Å²) in [7, 11) is -3.47. The number of nitrogens with zero attached hydrogens (tertiary/aromatic N) is 1. The Morgan fingerprint density at radius 1 is 1.25 bits per heavy atom. The summed E-state index contributed by atoms with van der Waals surface area (Å²) in [5.41, 5.74) is 1.16. The Bertz CT molecular complexity index is 631. The van der Waals surface area contributed by atoms with Crippen LogP contribution in [-0.4, -0.2) is 49.5 Å². The van der Waals surface area contributed by atoms with Crippen molar-refractivity contribution >= 4 is 21.8 Å². The molecule has 134 valence electrons. The van der Waals surface area contributed by atoms with E-state index in [1.165, 1.54) is 0 Å². The van der Waals surface area contributed by atoms with E-state index in [9.17, 15) is 8.42 Å². The van der Waals surface area contributed by atoms with Crippen molar-refractivity contribution in [1.82, 2.24) is 4.31 Å². The van der Waals surface area contributed by atoms with Crippen molar-refractivity contribution in [3.8, 4) is 0 Å². The van der Waals surface area contributed by atoms with Crippen LogP contribution in [0.4, 0.5) is 0 Å². The standard InChI is InChI=1S/C18H27NO3S2/c1-14(2)15-5-7-18(8-6-15)24(20,21)19(16-9-11-23-13-16)12-17-4-3-10-22-17/h5-8,14,16-17H,3-4,9-13H2,1-2H3. The molecule has 0 bridgehead atoms. The number of thioether (sulfide) groups is 1. The predicted molar refractivity (Wildman–Crippen MR) is 99.1 cm³/mol. The predicted octanol–water partition coefficient (Wildman–Crippen LogP) is 3.49. The summed E-state index contributed by atoms with van der Waals surface area (Å²) in [6.07, 6.45) is 2.96. The van der Waals surface area contributed by atoms with Gasteiger partial charge in [-0.2, -0.15) is 16.1 Å². The number of rotatable bonds is 6. The van der Waals surface area contributed by atoms with Gasteiger partial charge >= 0.3 is 0 Å². The molecule has 24 heavy (non-hydrogen) atoms. The Morgan fingerprint density at radius 2 is 2.00 bits per heavy atom. The third-order valence-corrected chi connectivity index (χ3v) is 7.95. The van der Waals surface area contributed by atoms with Crippen LogP contribution in [0, 0.1) is 0 Å². The molecule has 0 radical (unpaired) electrons. The average Bonchev–Trinajstić information content (AvgIpc) is 3.26. The largest absolute Gasteiger partial charge is 0.377 e. The van der Waals surface area contributed by atoms with Gasteiger partial charge < -0.3 is 4.74 Å². The third-order valence-electron chi connectivity index (χ3n) is 4.87. The molecule has 3 rings (SSSR count). The zero-order valence-electron chi connectivity index (χ0n) is 14.5. The molecule has 1 aromatic carbocycles. The van der Waals surface area contributed by atoms with Crippen molar-refractivity contribution in [2.24, 2.45) is 0 Å². The van der Waals surface area contributed by atoms with Crippen LogP contribution in [0.3, 0.4) is 0 Å². The van der Waals surface area contributed by atoms with Crippen LogP contribution in [0.1, 0.15) is 44.6 Å². The number of sulfonamides is 1. The second-order valence-electron chi connectivity index (χ2n) is 6.95. The molecule has 2 fully saturated rings. The van der Waals surface area contributed by atoms with Crippen molar-refractivity contribution in [1.29, 1.82) is 0 Å². The van der Waals surface area contributed by atoms with Crippen molar-refractivity contribution in [2.75, 3.05) is 24.7 Å². The van der Waals surface area contributed by atoms with Crippen LogP contribution < -0.4 is 0 Å². The Hall–Kier alpha value is -0.560. The molecule has 4 nitrogen and oxygen atoms in total. The molecule has 0 amide bonds. The summed E-state index contributed by atoms with van der Waals surface area (Å²) in [6.45, 7) is 5.46. The molecule has 0 aromatic heterocycles. The average molecular weight is 370 g/mol. The molecule has 6 heteroatoms. The van der Waals surface area contributed by atoms with E-state index in [-0.39, 0.29) is 12.1 Å². The van der Waals surface area contributed by atoms with E-state index in [0.717, 1.165) is 42.9 Å². The lowest BCUT2D eigenvalue weighted by molar-refractivity contribution is 0.0877. The Balaban J connectivity index is 1.85. The second kappa shape index (κ2) is 7.77. The first kappa shape index (κ1) is 18.2. The van der Waals surface area contributed by atoms with Crippen molar-refractivity contribution in [3.05, 3.63) is 29.8 Å². The molecular weight excluding hydrogens is 342 g/mol. The van der Waals surface area contributed by atoms with E-state index in [1.54, 1.807) is 16.4 Å². The minimum absolute atomic E-state index is 0.0420. The van der Waals surface area contributed by atoms with Gasteiger partial charge in [0, 0.05) is 24.9 Å². The van der Waals surface area contributed by atoms with Crippen LogP contribution in [0.15, 0.2) is 29.2 Å². The molecule has 2 unspecified atom stereocenters. The van der Waals surface area contributed by atoms with Crippen LogP contribution in [0.5, 0.6) is 0 Å². The van der Waals surface area contributed by atoms with Gasteiger partial charge in [-0.1, -0.05) is 26.0 Å². The summed E-state index contributed by atoms with van der Waals surface area (Å²) >= 11 is 1.84. The highest BCUT2D eigenvalue weighted by molar-refractivity contribution is 7.99. The Labute approximate surface area is 150 Å². The summed E-state index contributed by atoms with van der Waals surface area (Å²) in [5.74, 6) is 2.32. The van der Waals surface area contributed by atoms with Crippen LogP contribution >= 0.6 is 11.8 Å². The van der Waals surface area contributed by atoms with Gasteiger partial charge in [-0.3, -0.25) is 0 Å². The smallest absolute Gasteiger partial charge is 0.243 e. The normalized spacial score (nSPS) is 25.0. The first-order chi connectivity index (χ1) is 11.5. The first-order valence-electron chi connectivity index (χ1n) is 8.79. The summed E-state index contributed by atoms with van der Waals surface area (Å²) in [6, 6.07) is 7.48. The molecule has 2 atom stereocenters. The van der Waals surface area contributed by atoms with Crippen molar-refractivity contribution in [2.45, 2.75) is 56.1 Å². The van der Waals surface area contributed by atoms with Gasteiger partial charge in [0.05, 0.1) is 11.0 Å². The maximum absolute atomic E-state index is 13.2. The Morgan fingerprint density at radius 3 is 2.54 bits per heavy atom. The zero-order chi connectivity index (χ0) is 17.2. The second-order valence-corrected chi connectivity index (χ2v) is 9.99. The van der Waals surface area contributed by atoms with Gasteiger partial charge in [-0.15, -0.1) is 0 Å². The number of hydrogen-bond acceptors (Lipinski definition) is 4. The molecule has 0 N–H and O–H groups in total. The van der Waals surface area contributed by atoms with E-state index in [4.69, 9.17) is 4.74 Å². The van der Waals surface area contributed by atoms with E-state index >= 15 is 0 Å². The minimum atomic E-state index is -3.47. The fourth-order valence-electron chi connectivity index (χ4n) is 3.34. The van der Waals surface area contributed by atoms with Crippen LogP contribution in [-0.2, 0) is 14.8 Å². The highest BCUT2D eigenvalue weighted by Crippen LogP contribution is 2.30. The summed E-state index contributed by atoms with van der Waals surface area (Å²) in [5, 5.41) is 0. The van der Waals surface area contributed by atoms with Gasteiger partial charge in [0.25, 0.3) is 0 Å². The molecule has 0 aliphatic carbocycles. The molecule has 2 aliphatic rings. The molecule has 1 aromatic rings. The monoisotopic (exact) mass is 369 g/mol. The number of benzene rings is 1. The molecule has 0 saturated carbocycles. The summed E-state index contributed by atoms with van der Waals surface area (Å²) < 4.78 is 33.9. The lowest BCUT2D eigenvalue weighted by Crippen LogP contribution is -2.44. The highest BCUT2D eigenvalue weighted by atomic mass is 32.2. The van der Waals surface area contributed by atoms with Crippen molar-refractivity contribution in [3.63, 3.8) is 0 Å². The number of ether oxygens (including phenoxy) is 1. The lowest BCUT2D eigenvalue weighted by Gasteiger charge is -2.29. The third kappa shape index (κ3) is 3.98. The SMILES string of the molecule is CC(C)c1ccc(S(=O)(=O)N(CC2CCCO2)C2CCSC2)cc1. The maximum atomic E-state index is 13.2. The van der Waals surface area contributed by atoms with Crippen molar-refractivity contribution < 1.29 is 13.2 Å². The molecule has 2 aliphatic heterocycles. The molecular formula is C18H27NO3S2. The quantitative estimate of drug-likeness (QED) is 0.770. The van der Waals surface area contributed by atoms with Crippen LogP contribution in [0.25, 0.3) is 0 Å². The van der Waals surface area contributed by atoms with E-state index < -0.39 is 10.0 Å². The molecule has 0 spiro atoms. The molecule has 2 saturated heterocycles. The Kier molecular flexibility index (Phi) is 5.90. The van der Waals surface area contributed by atoms with E-state index in [0.29, 0.717) is 17.4 Å². The fraction of sp³-hybridized carbons (Fsp3) is 0.667. The lowest BCUT2D eigenvalue weighted by atomic mass is 10.0. The van der Waals surface area contributed by atoms with Gasteiger partial charge in [-0.25, -0.2) is 8.42 Å². The van der Waals surface area contributed by atoms with E-state index in [1.807, 2.05) is 23.9 Å². The zero-order valence-corrected chi connectivity index (χ0v) is 16.1. The highest BCUT2D eigenvalue weighted by Gasteiger charge is 2.36. The maximum Gasteiger partial charge on any atom is 0.243 e. The van der Waals surface area contributed by atoms with Gasteiger partial charge in [0.1, 0.15) is 0 Å². The van der Waals surface area contributed by atoms with Crippen LogP contribution in [0.2, 0.25) is 0 Å². The van der Waals surface area contributed by atoms with Gasteiger partial charge in [-0.05, 0) is 48.6 Å². The fourth-order valence-corrected chi connectivity index (χ4v) is 6.35. The van der Waals surface area contributed by atoms with Gasteiger partial charge in [0.2, 0.25) is 10.0 Å². The van der Waals surface area contributed by atoms with Gasteiger partial charge in [0.15, 0.2) is 0 Å². The topological polar surface area (TPSA) is 46.6 Å². The molecule has 2 heterocycles. The minimum Gasteiger partial charge on any atom is -0.377 e. The number of hydrogen-bond donors (Lipinski definition) is 0. The first-order valence-corrected chi connectivity index (χ1v) is 11.4. The van der Waals surface area contributed by atoms with E-state index in [2.05, 4.69) is 13.8 Å².